The maximum atomic E-state index is 12.1. The highest BCUT2D eigenvalue weighted by Gasteiger charge is 2.11. The van der Waals surface area contributed by atoms with Crippen molar-refractivity contribution in [3.8, 4) is 0 Å². The molecule has 2 heterocycles. The van der Waals surface area contributed by atoms with E-state index in [9.17, 15) is 4.79 Å². The van der Waals surface area contributed by atoms with Crippen LogP contribution in [0.25, 0.3) is 11.0 Å². The molecular weight excluding hydrogens is 310 g/mol. The molecule has 0 saturated heterocycles. The minimum Gasteiger partial charge on any atom is -0.345 e. The first-order valence-corrected chi connectivity index (χ1v) is 8.31. The summed E-state index contributed by atoms with van der Waals surface area (Å²) in [4.78, 5) is 23.8. The van der Waals surface area contributed by atoms with E-state index < -0.39 is 0 Å². The standard InChI is InChI=1S/C16H19N5OS/c1-9-7-23-14(20-9)4-5-17-16(22)21-12-6-13-15(19-8-18-13)11(3)10(12)2/h6-8H,4-5H2,1-3H3,(H,18,19)(H2,17,21,22). The van der Waals surface area contributed by atoms with Crippen LogP contribution in [-0.4, -0.2) is 27.5 Å². The van der Waals surface area contributed by atoms with Crippen LogP contribution in [0.1, 0.15) is 21.8 Å². The molecule has 3 N–H and O–H groups in total. The summed E-state index contributed by atoms with van der Waals surface area (Å²) in [6.45, 7) is 6.52. The Morgan fingerprint density at radius 2 is 2.13 bits per heavy atom. The summed E-state index contributed by atoms with van der Waals surface area (Å²) in [6.07, 6.45) is 2.40. The summed E-state index contributed by atoms with van der Waals surface area (Å²) in [5, 5.41) is 8.83. The van der Waals surface area contributed by atoms with Gasteiger partial charge in [0.05, 0.1) is 22.4 Å². The summed E-state index contributed by atoms with van der Waals surface area (Å²) in [6, 6.07) is 1.70. The number of rotatable bonds is 4. The number of aromatic amines is 1. The minimum atomic E-state index is -0.209. The number of aryl methyl sites for hydroxylation is 2. The molecule has 0 aliphatic rings. The van der Waals surface area contributed by atoms with Crippen molar-refractivity contribution >= 4 is 34.1 Å². The van der Waals surface area contributed by atoms with Gasteiger partial charge in [-0.15, -0.1) is 11.3 Å². The largest absolute Gasteiger partial charge is 0.345 e. The summed E-state index contributed by atoms with van der Waals surface area (Å²) < 4.78 is 0. The number of thiazole rings is 1. The van der Waals surface area contributed by atoms with Gasteiger partial charge >= 0.3 is 6.03 Å². The summed E-state index contributed by atoms with van der Waals surface area (Å²) >= 11 is 1.62. The molecule has 0 fully saturated rings. The van der Waals surface area contributed by atoms with E-state index in [0.29, 0.717) is 6.54 Å². The highest BCUT2D eigenvalue weighted by Crippen LogP contribution is 2.26. The molecule has 0 unspecified atom stereocenters. The number of nitrogens with zero attached hydrogens (tertiary/aromatic N) is 2. The smallest absolute Gasteiger partial charge is 0.319 e. The number of fused-ring (bicyclic) bond motifs is 1. The van der Waals surface area contributed by atoms with E-state index in [2.05, 4.69) is 25.6 Å². The topological polar surface area (TPSA) is 82.7 Å². The lowest BCUT2D eigenvalue weighted by molar-refractivity contribution is 0.252. The zero-order valence-corrected chi connectivity index (χ0v) is 14.2. The number of hydrogen-bond donors (Lipinski definition) is 3. The molecule has 0 saturated carbocycles. The SMILES string of the molecule is Cc1csc(CCNC(=O)Nc2cc3[nH]cnc3c(C)c2C)n1. The van der Waals surface area contributed by atoms with Gasteiger partial charge in [0.1, 0.15) is 0 Å². The third kappa shape index (κ3) is 3.34. The lowest BCUT2D eigenvalue weighted by Crippen LogP contribution is -2.30. The van der Waals surface area contributed by atoms with Crippen LogP contribution < -0.4 is 10.6 Å². The van der Waals surface area contributed by atoms with Gasteiger partial charge < -0.3 is 15.6 Å². The molecular formula is C16H19N5OS. The highest BCUT2D eigenvalue weighted by molar-refractivity contribution is 7.09. The van der Waals surface area contributed by atoms with Crippen molar-refractivity contribution in [1.82, 2.24) is 20.3 Å². The molecule has 0 aliphatic carbocycles. The quantitative estimate of drug-likeness (QED) is 0.687. The Bertz CT molecular complexity index is 851. The summed E-state index contributed by atoms with van der Waals surface area (Å²) in [5.74, 6) is 0. The lowest BCUT2D eigenvalue weighted by Gasteiger charge is -2.12. The maximum absolute atomic E-state index is 12.1. The number of urea groups is 1. The minimum absolute atomic E-state index is 0.209. The van der Waals surface area contributed by atoms with Gasteiger partial charge in [0.25, 0.3) is 0 Å². The van der Waals surface area contributed by atoms with E-state index in [4.69, 9.17) is 0 Å². The number of benzene rings is 1. The fraction of sp³-hybridized carbons (Fsp3) is 0.312. The maximum Gasteiger partial charge on any atom is 0.319 e. The van der Waals surface area contributed by atoms with Crippen LogP contribution in [0.2, 0.25) is 0 Å². The second-order valence-corrected chi connectivity index (χ2v) is 6.43. The fourth-order valence-electron chi connectivity index (χ4n) is 2.44. The van der Waals surface area contributed by atoms with E-state index in [1.54, 1.807) is 17.7 Å². The number of aromatic nitrogens is 3. The first-order valence-electron chi connectivity index (χ1n) is 7.43. The number of imidazole rings is 1. The molecule has 23 heavy (non-hydrogen) atoms. The van der Waals surface area contributed by atoms with Crippen LogP contribution in [0, 0.1) is 20.8 Å². The van der Waals surface area contributed by atoms with Gasteiger partial charge in [-0.05, 0) is 38.0 Å². The molecule has 0 atom stereocenters. The van der Waals surface area contributed by atoms with Gasteiger partial charge in [0.2, 0.25) is 0 Å². The molecule has 1 aromatic carbocycles. The van der Waals surface area contributed by atoms with Gasteiger partial charge in [-0.3, -0.25) is 0 Å². The first-order chi connectivity index (χ1) is 11.0. The van der Waals surface area contributed by atoms with E-state index in [1.165, 1.54) is 0 Å². The van der Waals surface area contributed by atoms with Crippen LogP contribution in [0.3, 0.4) is 0 Å². The van der Waals surface area contributed by atoms with E-state index in [-0.39, 0.29) is 6.03 Å². The van der Waals surface area contributed by atoms with Gasteiger partial charge in [-0.25, -0.2) is 14.8 Å². The van der Waals surface area contributed by atoms with Crippen molar-refractivity contribution in [2.75, 3.05) is 11.9 Å². The summed E-state index contributed by atoms with van der Waals surface area (Å²) in [7, 11) is 0. The number of H-pyrrole nitrogens is 1. The molecule has 2 aromatic heterocycles. The highest BCUT2D eigenvalue weighted by atomic mass is 32.1. The zero-order chi connectivity index (χ0) is 16.4. The second kappa shape index (κ2) is 6.37. The summed E-state index contributed by atoms with van der Waals surface area (Å²) in [5.41, 5.74) is 5.76. The van der Waals surface area contributed by atoms with Crippen molar-refractivity contribution in [2.45, 2.75) is 27.2 Å². The average molecular weight is 329 g/mol. The van der Waals surface area contributed by atoms with Crippen LogP contribution in [-0.2, 0) is 6.42 Å². The molecule has 120 valence electrons. The van der Waals surface area contributed by atoms with Crippen molar-refractivity contribution in [3.63, 3.8) is 0 Å². The van der Waals surface area contributed by atoms with Crippen molar-refractivity contribution < 1.29 is 4.79 Å². The molecule has 6 nitrogen and oxygen atoms in total. The van der Waals surface area contributed by atoms with Gasteiger partial charge in [-0.1, -0.05) is 0 Å². The fourth-order valence-corrected chi connectivity index (χ4v) is 3.22. The molecule has 2 amide bonds. The number of amides is 2. The van der Waals surface area contributed by atoms with Gasteiger partial charge in [0.15, 0.2) is 0 Å². The van der Waals surface area contributed by atoms with Gasteiger partial charge in [0, 0.05) is 29.7 Å². The third-order valence-electron chi connectivity index (χ3n) is 3.82. The van der Waals surface area contributed by atoms with E-state index >= 15 is 0 Å². The van der Waals surface area contributed by atoms with Gasteiger partial charge in [-0.2, -0.15) is 0 Å². The van der Waals surface area contributed by atoms with Crippen molar-refractivity contribution in [3.05, 3.63) is 39.6 Å². The third-order valence-corrected chi connectivity index (χ3v) is 4.84. The Balaban J connectivity index is 1.62. The number of carbonyl (C=O) groups excluding carboxylic acids is 1. The van der Waals surface area contributed by atoms with Crippen LogP contribution in [0.15, 0.2) is 17.8 Å². The Labute approximate surface area is 138 Å². The second-order valence-electron chi connectivity index (χ2n) is 5.49. The normalized spacial score (nSPS) is 10.9. The molecule has 7 heteroatoms. The monoisotopic (exact) mass is 329 g/mol. The Hall–Kier alpha value is -2.41. The zero-order valence-electron chi connectivity index (χ0n) is 13.4. The van der Waals surface area contributed by atoms with Crippen molar-refractivity contribution in [1.29, 1.82) is 0 Å². The van der Waals surface area contributed by atoms with Crippen molar-refractivity contribution in [2.24, 2.45) is 0 Å². The van der Waals surface area contributed by atoms with Crippen LogP contribution in [0.4, 0.5) is 10.5 Å². The predicted octanol–water partition coefficient (Wildman–Crippen LogP) is 3.31. The van der Waals surface area contributed by atoms with E-state index in [1.807, 2.05) is 32.2 Å². The molecule has 3 aromatic rings. The number of anilines is 1. The molecule has 3 rings (SSSR count). The molecule has 0 spiro atoms. The molecule has 0 radical (unpaired) electrons. The lowest BCUT2D eigenvalue weighted by atomic mass is 10.1. The molecule has 0 bridgehead atoms. The first kappa shape index (κ1) is 15.5. The van der Waals surface area contributed by atoms with Crippen LogP contribution in [0.5, 0.6) is 0 Å². The Morgan fingerprint density at radius 1 is 1.30 bits per heavy atom. The predicted molar refractivity (Wildman–Crippen MR) is 93.1 cm³/mol. The number of carbonyl (C=O) groups is 1. The number of hydrogen-bond acceptors (Lipinski definition) is 4. The van der Waals surface area contributed by atoms with Crippen LogP contribution >= 0.6 is 11.3 Å². The molecule has 0 aliphatic heterocycles. The number of nitrogens with one attached hydrogen (secondary N) is 3. The Kier molecular flexibility index (Phi) is 4.29. The average Bonchev–Trinajstić information content (AvgIpc) is 3.13. The van der Waals surface area contributed by atoms with E-state index in [0.717, 1.165) is 45.0 Å². The Morgan fingerprint density at radius 3 is 2.87 bits per heavy atom.